The van der Waals surface area contributed by atoms with Gasteiger partial charge in [0.05, 0.1) is 5.56 Å². The molecule has 0 spiro atoms. The smallest absolute Gasteiger partial charge is 0.417 e. The van der Waals surface area contributed by atoms with Gasteiger partial charge in [0.15, 0.2) is 0 Å². The van der Waals surface area contributed by atoms with Gasteiger partial charge in [-0.2, -0.15) is 13.2 Å². The summed E-state index contributed by atoms with van der Waals surface area (Å²) >= 11 is 0. The molecule has 0 unspecified atom stereocenters. The van der Waals surface area contributed by atoms with Gasteiger partial charge in [-0.3, -0.25) is 0 Å². The number of nitrogens with zero attached hydrogens (tertiary/aromatic N) is 1. The second-order valence-corrected chi connectivity index (χ2v) is 6.08. The van der Waals surface area contributed by atoms with Crippen molar-refractivity contribution < 1.29 is 31.1 Å². The fourth-order valence-corrected chi connectivity index (χ4v) is 2.75. The molecule has 2 aromatic heterocycles. The van der Waals surface area contributed by atoms with Crippen molar-refractivity contribution in [3.05, 3.63) is 82.3 Å². The van der Waals surface area contributed by atoms with Crippen LogP contribution in [0.5, 0.6) is 5.75 Å². The number of aromatic nitrogens is 1. The maximum Gasteiger partial charge on any atom is 0.417 e. The minimum Gasteiger partial charge on any atom is -0.487 e. The Labute approximate surface area is 160 Å². The number of benzene rings is 2. The van der Waals surface area contributed by atoms with Crippen molar-refractivity contribution in [1.29, 1.82) is 0 Å². The molecule has 0 saturated heterocycles. The van der Waals surface area contributed by atoms with Crippen LogP contribution in [-0.2, 0) is 12.8 Å². The molecule has 4 rings (SSSR count). The maximum absolute atomic E-state index is 13.3. The third kappa shape index (κ3) is 3.98. The normalized spacial score (nSPS) is 11.7. The minimum atomic E-state index is -4.69. The van der Waals surface area contributed by atoms with Crippen LogP contribution < -0.4 is 10.4 Å². The van der Waals surface area contributed by atoms with Crippen LogP contribution in [0.25, 0.3) is 22.4 Å². The van der Waals surface area contributed by atoms with E-state index < -0.39 is 23.2 Å². The Kier molecular flexibility index (Phi) is 4.57. The van der Waals surface area contributed by atoms with Gasteiger partial charge in [-0.1, -0.05) is 6.07 Å². The molecular formula is C20H11F4NO4. The molecule has 0 saturated carbocycles. The molecule has 0 bridgehead atoms. The van der Waals surface area contributed by atoms with E-state index in [0.29, 0.717) is 17.3 Å². The molecule has 0 radical (unpaired) electrons. The Morgan fingerprint density at radius 3 is 2.66 bits per heavy atom. The lowest BCUT2D eigenvalue weighted by atomic mass is 10.1. The number of hydrogen-bond donors (Lipinski definition) is 0. The highest BCUT2D eigenvalue weighted by Crippen LogP contribution is 2.35. The second-order valence-electron chi connectivity index (χ2n) is 6.08. The number of oxazole rings is 1. The van der Waals surface area contributed by atoms with E-state index in [1.807, 2.05) is 0 Å². The number of hydrogen-bond acceptors (Lipinski definition) is 5. The monoisotopic (exact) mass is 405 g/mol. The van der Waals surface area contributed by atoms with Crippen LogP contribution in [-0.4, -0.2) is 4.98 Å². The van der Waals surface area contributed by atoms with Crippen molar-refractivity contribution >= 4 is 11.0 Å². The zero-order chi connectivity index (χ0) is 20.6. The number of rotatable bonds is 4. The minimum absolute atomic E-state index is 0.0620. The first kappa shape index (κ1) is 18.7. The predicted molar refractivity (Wildman–Crippen MR) is 93.7 cm³/mol. The van der Waals surface area contributed by atoms with Gasteiger partial charge in [0.1, 0.15) is 35.7 Å². The third-order valence-corrected chi connectivity index (χ3v) is 4.03. The van der Waals surface area contributed by atoms with Gasteiger partial charge in [-0.05, 0) is 30.3 Å². The van der Waals surface area contributed by atoms with Gasteiger partial charge in [0.2, 0.25) is 5.89 Å². The summed E-state index contributed by atoms with van der Waals surface area (Å²) in [5.41, 5.74) is -1.61. The highest BCUT2D eigenvalue weighted by Gasteiger charge is 2.33. The van der Waals surface area contributed by atoms with E-state index in [9.17, 15) is 22.4 Å². The SMILES string of the molecule is O=c1cc(C(F)(F)F)c2ccc(OCc3coc(-c4cccc(F)c4)n3)cc2o1. The summed E-state index contributed by atoms with van der Waals surface area (Å²) in [4.78, 5) is 15.6. The largest absolute Gasteiger partial charge is 0.487 e. The zero-order valence-corrected chi connectivity index (χ0v) is 14.5. The van der Waals surface area contributed by atoms with Crippen LogP contribution in [0.4, 0.5) is 17.6 Å². The average molecular weight is 405 g/mol. The zero-order valence-electron chi connectivity index (χ0n) is 14.5. The van der Waals surface area contributed by atoms with Gasteiger partial charge in [0.25, 0.3) is 0 Å². The van der Waals surface area contributed by atoms with E-state index in [1.165, 1.54) is 36.6 Å². The lowest BCUT2D eigenvalue weighted by Gasteiger charge is -2.10. The lowest BCUT2D eigenvalue weighted by Crippen LogP contribution is -2.11. The molecular weight excluding hydrogens is 394 g/mol. The molecule has 5 nitrogen and oxygen atoms in total. The molecule has 0 aliphatic rings. The average Bonchev–Trinajstić information content (AvgIpc) is 3.14. The van der Waals surface area contributed by atoms with Crippen molar-refractivity contribution in [1.82, 2.24) is 4.98 Å². The summed E-state index contributed by atoms with van der Waals surface area (Å²) in [6.07, 6.45) is -3.37. The maximum atomic E-state index is 13.3. The molecule has 4 aromatic rings. The van der Waals surface area contributed by atoms with E-state index in [-0.39, 0.29) is 29.2 Å². The van der Waals surface area contributed by atoms with Crippen molar-refractivity contribution in [2.75, 3.05) is 0 Å². The van der Waals surface area contributed by atoms with Crippen LogP contribution in [0, 0.1) is 5.82 Å². The summed E-state index contributed by atoms with van der Waals surface area (Å²) in [7, 11) is 0. The van der Waals surface area contributed by atoms with E-state index in [2.05, 4.69) is 4.98 Å². The Morgan fingerprint density at radius 1 is 1.07 bits per heavy atom. The molecule has 9 heteroatoms. The van der Waals surface area contributed by atoms with E-state index in [1.54, 1.807) is 6.07 Å². The molecule has 0 fully saturated rings. The van der Waals surface area contributed by atoms with Crippen molar-refractivity contribution in [2.24, 2.45) is 0 Å². The van der Waals surface area contributed by atoms with Gasteiger partial charge in [-0.25, -0.2) is 14.2 Å². The first-order valence-electron chi connectivity index (χ1n) is 8.28. The van der Waals surface area contributed by atoms with Crippen molar-refractivity contribution in [3.8, 4) is 17.2 Å². The van der Waals surface area contributed by atoms with Gasteiger partial charge >= 0.3 is 11.8 Å². The Hall–Kier alpha value is -3.62. The van der Waals surface area contributed by atoms with Crippen LogP contribution in [0.2, 0.25) is 0 Å². The molecule has 0 aliphatic heterocycles. The molecule has 29 heavy (non-hydrogen) atoms. The molecule has 2 aromatic carbocycles. The highest BCUT2D eigenvalue weighted by molar-refractivity contribution is 5.82. The van der Waals surface area contributed by atoms with Crippen molar-refractivity contribution in [2.45, 2.75) is 12.8 Å². The molecule has 0 aliphatic carbocycles. The Balaban J connectivity index is 1.56. The summed E-state index contributed by atoms with van der Waals surface area (Å²) in [5, 5.41) is -0.251. The van der Waals surface area contributed by atoms with Crippen molar-refractivity contribution in [3.63, 3.8) is 0 Å². The van der Waals surface area contributed by atoms with E-state index in [0.717, 1.165) is 6.07 Å². The van der Waals surface area contributed by atoms with Gasteiger partial charge < -0.3 is 13.6 Å². The molecule has 2 heterocycles. The summed E-state index contributed by atoms with van der Waals surface area (Å²) in [6.45, 7) is -0.0620. The first-order valence-corrected chi connectivity index (χ1v) is 8.28. The lowest BCUT2D eigenvalue weighted by molar-refractivity contribution is -0.136. The summed E-state index contributed by atoms with van der Waals surface area (Å²) < 4.78 is 68.2. The standard InChI is InChI=1S/C20H11F4NO4/c21-12-3-1-2-11(6-12)19-25-13(10-28-19)9-27-14-4-5-15-16(20(22,23)24)8-18(26)29-17(15)7-14/h1-8,10H,9H2. The van der Waals surface area contributed by atoms with Crippen LogP contribution in [0.3, 0.4) is 0 Å². The quantitative estimate of drug-likeness (QED) is 0.346. The molecule has 0 atom stereocenters. The Bertz CT molecular complexity index is 1240. The Morgan fingerprint density at radius 2 is 1.90 bits per heavy atom. The number of fused-ring (bicyclic) bond motifs is 1. The highest BCUT2D eigenvalue weighted by atomic mass is 19.4. The summed E-state index contributed by atoms with van der Waals surface area (Å²) in [6, 6.07) is 9.79. The first-order chi connectivity index (χ1) is 13.8. The fraction of sp³-hybridized carbons (Fsp3) is 0.100. The summed E-state index contributed by atoms with van der Waals surface area (Å²) in [5.74, 6) is -0.0629. The number of halogens is 4. The van der Waals surface area contributed by atoms with Gasteiger partial charge in [-0.15, -0.1) is 0 Å². The number of alkyl halides is 3. The predicted octanol–water partition coefficient (Wildman–Crippen LogP) is 5.18. The molecule has 0 N–H and O–H groups in total. The fourth-order valence-electron chi connectivity index (χ4n) is 2.75. The molecule has 148 valence electrons. The van der Waals surface area contributed by atoms with Crippen LogP contribution in [0.1, 0.15) is 11.3 Å². The van der Waals surface area contributed by atoms with Gasteiger partial charge in [0, 0.05) is 23.1 Å². The van der Waals surface area contributed by atoms with E-state index in [4.69, 9.17) is 13.6 Å². The third-order valence-electron chi connectivity index (χ3n) is 4.03. The van der Waals surface area contributed by atoms with Crippen LogP contribution in [0.15, 0.2) is 68.4 Å². The van der Waals surface area contributed by atoms with Crippen LogP contribution >= 0.6 is 0 Å². The second kappa shape index (κ2) is 7.08. The topological polar surface area (TPSA) is 65.5 Å². The number of ether oxygens (including phenoxy) is 1. The molecule has 0 amide bonds. The van der Waals surface area contributed by atoms with E-state index >= 15 is 0 Å².